The summed E-state index contributed by atoms with van der Waals surface area (Å²) in [4.78, 5) is 12.2. The number of pyridine rings is 1. The third kappa shape index (κ3) is 2.75. The maximum Gasteiger partial charge on any atom is 0.128 e. The minimum Gasteiger partial charge on any atom is -0.383 e. The molecule has 1 atom stereocenters. The number of nitrogens with two attached hydrogens (primary N) is 1. The molecule has 1 unspecified atom stereocenters. The summed E-state index contributed by atoms with van der Waals surface area (Å²) in [5, 5.41) is 3.87. The number of halogens is 1. The summed E-state index contributed by atoms with van der Waals surface area (Å²) in [6, 6.07) is 3.51. The molecule has 2 aromatic heterocycles. The third-order valence-electron chi connectivity index (χ3n) is 2.54. The monoisotopic (exact) mass is 263 g/mol. The number of rotatable bonds is 4. The fraction of sp³-hybridized carbons (Fsp3) is 0.250. The highest BCUT2D eigenvalue weighted by Crippen LogP contribution is 2.26. The largest absolute Gasteiger partial charge is 0.383 e. The Morgan fingerprint density at radius 2 is 2.28 bits per heavy atom. The number of hydrogen-bond donors (Lipinski definition) is 2. The lowest BCUT2D eigenvalue weighted by Crippen LogP contribution is -2.24. The molecular formula is C12H14ClN5. The van der Waals surface area contributed by atoms with E-state index in [1.165, 1.54) is 12.5 Å². The van der Waals surface area contributed by atoms with E-state index in [0.29, 0.717) is 10.8 Å². The van der Waals surface area contributed by atoms with Crippen molar-refractivity contribution in [1.29, 1.82) is 0 Å². The molecule has 5 nitrogen and oxygen atoms in total. The molecule has 0 aliphatic rings. The second kappa shape index (κ2) is 5.75. The first kappa shape index (κ1) is 12.7. The molecule has 0 aliphatic heterocycles. The molecule has 2 aromatic rings. The highest BCUT2D eigenvalue weighted by Gasteiger charge is 2.18. The zero-order valence-electron chi connectivity index (χ0n) is 9.97. The first-order chi connectivity index (χ1) is 8.72. The molecule has 94 valence electrons. The lowest BCUT2D eigenvalue weighted by Gasteiger charge is -2.18. The zero-order chi connectivity index (χ0) is 13.0. The molecule has 0 radical (unpaired) electrons. The van der Waals surface area contributed by atoms with Gasteiger partial charge in [-0.3, -0.25) is 0 Å². The van der Waals surface area contributed by atoms with Crippen molar-refractivity contribution in [2.24, 2.45) is 0 Å². The summed E-state index contributed by atoms with van der Waals surface area (Å²) in [5.41, 5.74) is 7.56. The van der Waals surface area contributed by atoms with Crippen molar-refractivity contribution >= 4 is 17.4 Å². The van der Waals surface area contributed by atoms with Crippen LogP contribution in [0.4, 0.5) is 5.82 Å². The average Bonchev–Trinajstić information content (AvgIpc) is 2.40. The predicted molar refractivity (Wildman–Crippen MR) is 71.2 cm³/mol. The third-order valence-corrected chi connectivity index (χ3v) is 2.74. The van der Waals surface area contributed by atoms with Gasteiger partial charge in [-0.1, -0.05) is 18.5 Å². The lowest BCUT2D eigenvalue weighted by atomic mass is 10.0. The smallest absolute Gasteiger partial charge is 0.128 e. The molecule has 18 heavy (non-hydrogen) atoms. The van der Waals surface area contributed by atoms with Crippen LogP contribution in [0.15, 0.2) is 30.9 Å². The number of aromatic nitrogens is 3. The molecule has 0 amide bonds. The van der Waals surface area contributed by atoms with Crippen LogP contribution in [0.3, 0.4) is 0 Å². The van der Waals surface area contributed by atoms with E-state index in [0.717, 1.165) is 17.8 Å². The van der Waals surface area contributed by atoms with Gasteiger partial charge in [0.25, 0.3) is 0 Å². The molecule has 0 saturated carbocycles. The van der Waals surface area contributed by atoms with Crippen molar-refractivity contribution in [2.75, 3.05) is 12.3 Å². The maximum atomic E-state index is 5.97. The summed E-state index contributed by atoms with van der Waals surface area (Å²) >= 11 is 5.97. The van der Waals surface area contributed by atoms with Gasteiger partial charge in [-0.25, -0.2) is 15.0 Å². The fourth-order valence-corrected chi connectivity index (χ4v) is 1.91. The van der Waals surface area contributed by atoms with Crippen molar-refractivity contribution in [3.8, 4) is 0 Å². The molecular weight excluding hydrogens is 250 g/mol. The minimum atomic E-state index is -0.135. The van der Waals surface area contributed by atoms with Gasteiger partial charge >= 0.3 is 0 Å². The highest BCUT2D eigenvalue weighted by atomic mass is 35.5. The van der Waals surface area contributed by atoms with E-state index in [1.807, 2.05) is 13.0 Å². The number of nitrogens with zero attached hydrogens (tertiary/aromatic N) is 3. The quantitative estimate of drug-likeness (QED) is 0.880. The Hall–Kier alpha value is -1.72. The van der Waals surface area contributed by atoms with E-state index in [1.54, 1.807) is 12.3 Å². The van der Waals surface area contributed by atoms with Gasteiger partial charge in [0, 0.05) is 18.0 Å². The second-order valence-corrected chi connectivity index (χ2v) is 4.19. The fourth-order valence-electron chi connectivity index (χ4n) is 1.75. The average molecular weight is 264 g/mol. The Morgan fingerprint density at radius 1 is 1.44 bits per heavy atom. The van der Waals surface area contributed by atoms with Gasteiger partial charge in [-0.15, -0.1) is 0 Å². The van der Waals surface area contributed by atoms with Crippen molar-refractivity contribution < 1.29 is 0 Å². The van der Waals surface area contributed by atoms with Crippen molar-refractivity contribution in [2.45, 2.75) is 13.0 Å². The lowest BCUT2D eigenvalue weighted by molar-refractivity contribution is 0.614. The molecule has 0 aromatic carbocycles. The number of nitrogen functional groups attached to an aromatic ring is 1. The van der Waals surface area contributed by atoms with Gasteiger partial charge in [0.05, 0.1) is 16.8 Å². The molecule has 0 bridgehead atoms. The van der Waals surface area contributed by atoms with Crippen molar-refractivity contribution in [3.05, 3.63) is 47.1 Å². The Labute approximate surface area is 110 Å². The first-order valence-electron chi connectivity index (χ1n) is 5.62. The minimum absolute atomic E-state index is 0.135. The van der Waals surface area contributed by atoms with Crippen LogP contribution >= 0.6 is 11.6 Å². The van der Waals surface area contributed by atoms with E-state index >= 15 is 0 Å². The summed E-state index contributed by atoms with van der Waals surface area (Å²) in [5.74, 6) is 0.448. The van der Waals surface area contributed by atoms with E-state index < -0.39 is 0 Å². The van der Waals surface area contributed by atoms with Crippen LogP contribution in [-0.4, -0.2) is 21.5 Å². The van der Waals surface area contributed by atoms with E-state index in [-0.39, 0.29) is 6.04 Å². The summed E-state index contributed by atoms with van der Waals surface area (Å²) in [7, 11) is 0. The van der Waals surface area contributed by atoms with Gasteiger partial charge in [0.2, 0.25) is 0 Å². The Morgan fingerprint density at radius 3 is 2.94 bits per heavy atom. The van der Waals surface area contributed by atoms with Crippen LogP contribution in [0.1, 0.15) is 24.2 Å². The van der Waals surface area contributed by atoms with Crippen LogP contribution in [0.2, 0.25) is 5.02 Å². The molecule has 2 heterocycles. The van der Waals surface area contributed by atoms with Crippen molar-refractivity contribution in [3.63, 3.8) is 0 Å². The second-order valence-electron chi connectivity index (χ2n) is 3.75. The van der Waals surface area contributed by atoms with Crippen LogP contribution in [0, 0.1) is 0 Å². The number of hydrogen-bond acceptors (Lipinski definition) is 5. The van der Waals surface area contributed by atoms with E-state index in [4.69, 9.17) is 17.3 Å². The summed E-state index contributed by atoms with van der Waals surface area (Å²) in [6.45, 7) is 2.79. The number of nitrogens with one attached hydrogen (secondary N) is 1. The number of anilines is 1. The van der Waals surface area contributed by atoms with Crippen LogP contribution in [0.25, 0.3) is 0 Å². The predicted octanol–water partition coefficient (Wildman–Crippen LogP) is 1.81. The van der Waals surface area contributed by atoms with E-state index in [9.17, 15) is 0 Å². The Balaban J connectivity index is 2.44. The highest BCUT2D eigenvalue weighted by molar-refractivity contribution is 6.30. The summed E-state index contributed by atoms with van der Waals surface area (Å²) < 4.78 is 0. The molecule has 0 saturated heterocycles. The van der Waals surface area contributed by atoms with E-state index in [2.05, 4.69) is 20.3 Å². The molecule has 6 heteroatoms. The standard InChI is InChI=1S/C12H14ClN5/c1-2-16-11(10-3-4-15-7-18-10)9-5-8(13)6-17-12(9)14/h3-7,11,16H,2H2,1H3,(H2,14,17). The Kier molecular flexibility index (Phi) is 4.07. The Bertz CT molecular complexity index is 517. The van der Waals surface area contributed by atoms with Gasteiger partial charge in [-0.05, 0) is 18.7 Å². The zero-order valence-corrected chi connectivity index (χ0v) is 10.7. The molecule has 0 spiro atoms. The van der Waals surface area contributed by atoms with Gasteiger partial charge in [0.1, 0.15) is 12.1 Å². The normalized spacial score (nSPS) is 12.3. The topological polar surface area (TPSA) is 76.7 Å². The van der Waals surface area contributed by atoms with Crippen LogP contribution in [-0.2, 0) is 0 Å². The van der Waals surface area contributed by atoms with Crippen LogP contribution in [0.5, 0.6) is 0 Å². The van der Waals surface area contributed by atoms with Crippen LogP contribution < -0.4 is 11.1 Å². The van der Waals surface area contributed by atoms with Gasteiger partial charge in [0.15, 0.2) is 0 Å². The van der Waals surface area contributed by atoms with Gasteiger partial charge < -0.3 is 11.1 Å². The molecule has 0 aliphatic carbocycles. The molecule has 0 fully saturated rings. The SMILES string of the molecule is CCNC(c1ccncn1)c1cc(Cl)cnc1N. The van der Waals surface area contributed by atoms with Gasteiger partial charge in [-0.2, -0.15) is 0 Å². The molecule has 3 N–H and O–H groups in total. The van der Waals surface area contributed by atoms with Crippen molar-refractivity contribution in [1.82, 2.24) is 20.3 Å². The first-order valence-corrected chi connectivity index (χ1v) is 6.00. The maximum absolute atomic E-state index is 5.97. The summed E-state index contributed by atoms with van der Waals surface area (Å²) in [6.07, 6.45) is 4.73. The molecule has 2 rings (SSSR count).